The fourth-order valence-electron chi connectivity index (χ4n) is 1.39. The molecule has 2 rings (SSSR count). The number of ether oxygens (including phenoxy) is 1. The third kappa shape index (κ3) is 2.40. The van der Waals surface area contributed by atoms with Gasteiger partial charge in [0.25, 0.3) is 0 Å². The number of rotatable bonds is 2. The molecule has 0 aliphatic rings. The van der Waals surface area contributed by atoms with Gasteiger partial charge in [0, 0.05) is 12.3 Å². The first kappa shape index (κ1) is 11.1. The van der Waals surface area contributed by atoms with Gasteiger partial charge in [-0.2, -0.15) is 5.26 Å². The fraction of sp³-hybridized carbons (Fsp3) is 0.0769. The third-order valence-electron chi connectivity index (χ3n) is 2.25. The molecule has 4 heteroatoms. The van der Waals surface area contributed by atoms with Crippen molar-refractivity contribution in [3.63, 3.8) is 0 Å². The largest absolute Gasteiger partial charge is 0.438 e. The number of hydrogen-bond donors (Lipinski definition) is 0. The monoisotopic (exact) mass is 228 g/mol. The van der Waals surface area contributed by atoms with Gasteiger partial charge < -0.3 is 4.74 Å². The molecule has 0 saturated heterocycles. The lowest BCUT2D eigenvalue weighted by atomic mass is 10.2. The molecule has 0 aliphatic carbocycles. The van der Waals surface area contributed by atoms with Crippen LogP contribution in [0.2, 0.25) is 0 Å². The van der Waals surface area contributed by atoms with Crippen molar-refractivity contribution >= 4 is 0 Å². The van der Waals surface area contributed by atoms with E-state index in [1.807, 2.05) is 6.07 Å². The van der Waals surface area contributed by atoms with E-state index >= 15 is 0 Å². The standard InChI is InChI=1S/C13H9FN2O/c1-9-5-6-16-13(12(9)8-15)17-11-4-2-3-10(14)7-11/h2-7H,1H3. The Morgan fingerprint density at radius 1 is 1.35 bits per heavy atom. The Balaban J connectivity index is 2.37. The smallest absolute Gasteiger partial charge is 0.237 e. The molecule has 3 nitrogen and oxygen atoms in total. The van der Waals surface area contributed by atoms with Crippen LogP contribution >= 0.6 is 0 Å². The maximum Gasteiger partial charge on any atom is 0.237 e. The van der Waals surface area contributed by atoms with E-state index in [4.69, 9.17) is 10.00 Å². The second kappa shape index (κ2) is 4.62. The van der Waals surface area contributed by atoms with Crippen LogP contribution in [0.5, 0.6) is 11.6 Å². The van der Waals surface area contributed by atoms with E-state index in [-0.39, 0.29) is 5.88 Å². The molecular formula is C13H9FN2O. The molecule has 17 heavy (non-hydrogen) atoms. The Morgan fingerprint density at radius 3 is 2.88 bits per heavy atom. The summed E-state index contributed by atoms with van der Waals surface area (Å²) in [5.74, 6) is 0.117. The second-order valence-corrected chi connectivity index (χ2v) is 3.48. The van der Waals surface area contributed by atoms with Gasteiger partial charge in [0.1, 0.15) is 23.2 Å². The molecule has 1 aromatic carbocycles. The molecule has 2 aromatic rings. The second-order valence-electron chi connectivity index (χ2n) is 3.48. The number of hydrogen-bond acceptors (Lipinski definition) is 3. The SMILES string of the molecule is Cc1ccnc(Oc2cccc(F)c2)c1C#N. The van der Waals surface area contributed by atoms with Crippen LogP contribution in [0.1, 0.15) is 11.1 Å². The van der Waals surface area contributed by atoms with Gasteiger partial charge in [-0.3, -0.25) is 0 Å². The van der Waals surface area contributed by atoms with Crippen LogP contribution in [0.15, 0.2) is 36.5 Å². The summed E-state index contributed by atoms with van der Waals surface area (Å²) in [6.07, 6.45) is 1.55. The van der Waals surface area contributed by atoms with E-state index in [9.17, 15) is 4.39 Å². The molecule has 0 amide bonds. The van der Waals surface area contributed by atoms with Gasteiger partial charge in [-0.05, 0) is 30.7 Å². The Labute approximate surface area is 98.1 Å². The van der Waals surface area contributed by atoms with Crippen molar-refractivity contribution < 1.29 is 9.13 Å². The Bertz CT molecular complexity index is 590. The number of nitrogens with zero attached hydrogens (tertiary/aromatic N) is 2. The summed E-state index contributed by atoms with van der Waals surface area (Å²) >= 11 is 0. The third-order valence-corrected chi connectivity index (χ3v) is 2.25. The predicted octanol–water partition coefficient (Wildman–Crippen LogP) is 3.19. The molecule has 0 fully saturated rings. The highest BCUT2D eigenvalue weighted by Crippen LogP contribution is 2.24. The lowest BCUT2D eigenvalue weighted by molar-refractivity contribution is 0.456. The van der Waals surface area contributed by atoms with Crippen molar-refractivity contribution in [3.05, 3.63) is 53.5 Å². The molecule has 0 spiro atoms. The predicted molar refractivity (Wildman–Crippen MR) is 60.2 cm³/mol. The molecule has 0 bridgehead atoms. The van der Waals surface area contributed by atoms with Crippen LogP contribution in [0, 0.1) is 24.1 Å². The number of benzene rings is 1. The summed E-state index contributed by atoms with van der Waals surface area (Å²) in [7, 11) is 0. The molecule has 84 valence electrons. The minimum absolute atomic E-state index is 0.193. The summed E-state index contributed by atoms with van der Waals surface area (Å²) in [6, 6.07) is 9.44. The minimum Gasteiger partial charge on any atom is -0.438 e. The number of aromatic nitrogens is 1. The first-order valence-corrected chi connectivity index (χ1v) is 5.00. The van der Waals surface area contributed by atoms with Gasteiger partial charge in [0.2, 0.25) is 5.88 Å². The number of nitriles is 1. The average Bonchev–Trinajstić information content (AvgIpc) is 2.29. The molecule has 1 aromatic heterocycles. The normalized spacial score (nSPS) is 9.71. The van der Waals surface area contributed by atoms with Gasteiger partial charge in [-0.25, -0.2) is 9.37 Å². The lowest BCUT2D eigenvalue weighted by Crippen LogP contribution is -1.94. The van der Waals surface area contributed by atoms with Crippen molar-refractivity contribution in [2.75, 3.05) is 0 Å². The number of aryl methyl sites for hydroxylation is 1. The van der Waals surface area contributed by atoms with Crippen LogP contribution in [-0.2, 0) is 0 Å². The van der Waals surface area contributed by atoms with E-state index in [1.165, 1.54) is 18.2 Å². The van der Waals surface area contributed by atoms with Crippen LogP contribution in [0.25, 0.3) is 0 Å². The zero-order valence-corrected chi connectivity index (χ0v) is 9.14. The summed E-state index contributed by atoms with van der Waals surface area (Å²) < 4.78 is 18.4. The summed E-state index contributed by atoms with van der Waals surface area (Å²) in [6.45, 7) is 1.79. The highest BCUT2D eigenvalue weighted by Gasteiger charge is 2.09. The Hall–Kier alpha value is -2.41. The Morgan fingerprint density at radius 2 is 2.18 bits per heavy atom. The fourth-order valence-corrected chi connectivity index (χ4v) is 1.39. The van der Waals surface area contributed by atoms with Gasteiger partial charge in [-0.15, -0.1) is 0 Å². The highest BCUT2D eigenvalue weighted by molar-refractivity contribution is 5.45. The van der Waals surface area contributed by atoms with Gasteiger partial charge in [0.15, 0.2) is 0 Å². The first-order valence-electron chi connectivity index (χ1n) is 5.00. The van der Waals surface area contributed by atoms with E-state index in [1.54, 1.807) is 25.3 Å². The topological polar surface area (TPSA) is 45.9 Å². The van der Waals surface area contributed by atoms with Gasteiger partial charge >= 0.3 is 0 Å². The quantitative estimate of drug-likeness (QED) is 0.792. The van der Waals surface area contributed by atoms with Crippen LogP contribution in [0.3, 0.4) is 0 Å². The van der Waals surface area contributed by atoms with Crippen molar-refractivity contribution in [2.45, 2.75) is 6.92 Å². The number of halogens is 1. The molecule has 1 heterocycles. The molecular weight excluding hydrogens is 219 g/mol. The summed E-state index contributed by atoms with van der Waals surface area (Å²) in [4.78, 5) is 3.97. The summed E-state index contributed by atoms with van der Waals surface area (Å²) in [5, 5.41) is 8.99. The van der Waals surface area contributed by atoms with E-state index in [0.717, 1.165) is 5.56 Å². The van der Waals surface area contributed by atoms with Crippen LogP contribution < -0.4 is 4.74 Å². The minimum atomic E-state index is -0.395. The van der Waals surface area contributed by atoms with Crippen LogP contribution in [-0.4, -0.2) is 4.98 Å². The van der Waals surface area contributed by atoms with Crippen molar-refractivity contribution in [1.82, 2.24) is 4.98 Å². The molecule has 0 atom stereocenters. The molecule has 0 N–H and O–H groups in total. The molecule has 0 saturated carbocycles. The van der Waals surface area contributed by atoms with Gasteiger partial charge in [0.05, 0.1) is 0 Å². The number of pyridine rings is 1. The molecule has 0 radical (unpaired) electrons. The average molecular weight is 228 g/mol. The summed E-state index contributed by atoms with van der Waals surface area (Å²) in [5.41, 5.74) is 1.13. The Kier molecular flexibility index (Phi) is 3.01. The maximum absolute atomic E-state index is 13.0. The van der Waals surface area contributed by atoms with E-state index < -0.39 is 5.82 Å². The highest BCUT2D eigenvalue weighted by atomic mass is 19.1. The van der Waals surface area contributed by atoms with E-state index in [2.05, 4.69) is 4.98 Å². The molecule has 0 unspecified atom stereocenters. The zero-order valence-electron chi connectivity index (χ0n) is 9.14. The van der Waals surface area contributed by atoms with Crippen molar-refractivity contribution in [3.8, 4) is 17.7 Å². The first-order chi connectivity index (χ1) is 8.20. The molecule has 0 aliphatic heterocycles. The van der Waals surface area contributed by atoms with Crippen molar-refractivity contribution in [2.24, 2.45) is 0 Å². The van der Waals surface area contributed by atoms with Gasteiger partial charge in [-0.1, -0.05) is 6.07 Å². The zero-order chi connectivity index (χ0) is 12.3. The van der Waals surface area contributed by atoms with Crippen LogP contribution in [0.4, 0.5) is 4.39 Å². The maximum atomic E-state index is 13.0. The lowest BCUT2D eigenvalue weighted by Gasteiger charge is -2.07. The van der Waals surface area contributed by atoms with E-state index in [0.29, 0.717) is 11.3 Å². The van der Waals surface area contributed by atoms with Crippen molar-refractivity contribution in [1.29, 1.82) is 5.26 Å².